The fraction of sp³-hybridized carbons (Fsp3) is 0.0417. The molecule has 0 saturated carbocycles. The first-order valence-corrected chi connectivity index (χ1v) is 20.6. The third kappa shape index (κ3) is 5.72. The Bertz CT molecular complexity index is 2450. The van der Waals surface area contributed by atoms with Gasteiger partial charge in [0.05, 0.1) is 11.4 Å². The van der Waals surface area contributed by atoms with Crippen molar-refractivity contribution < 1.29 is 0 Å². The van der Waals surface area contributed by atoms with Crippen LogP contribution in [0.4, 0.5) is 0 Å². The molecule has 1 aliphatic heterocycles. The maximum atomic E-state index is 4.99. The minimum atomic E-state index is -1.70. The molecule has 2 nitrogen and oxygen atoms in total. The zero-order valence-electron chi connectivity index (χ0n) is 28.7. The standard InChI is InChI=1S/C48H36N2Si/c1-51(2)46-16-10-9-15-42(46)43-30-29-41(31-47(43)51)37-23-21-35(22-24-37)33-17-19-34(20-18-33)36-25-27-39(28-26-36)45-32-44(38-11-5-3-6-12-38)49-48(50-45)40-13-7-4-8-14-40/h3-32H,1-2H3. The minimum Gasteiger partial charge on any atom is -0.228 e. The normalized spacial score (nSPS) is 12.7. The number of benzene rings is 7. The lowest BCUT2D eigenvalue weighted by atomic mass is 9.96. The quantitative estimate of drug-likeness (QED) is 0.165. The van der Waals surface area contributed by atoms with Gasteiger partial charge in [0.2, 0.25) is 0 Å². The monoisotopic (exact) mass is 668 g/mol. The van der Waals surface area contributed by atoms with Crippen LogP contribution < -0.4 is 10.4 Å². The summed E-state index contributed by atoms with van der Waals surface area (Å²) < 4.78 is 0. The smallest absolute Gasteiger partial charge is 0.160 e. The Balaban J connectivity index is 0.952. The second-order valence-corrected chi connectivity index (χ2v) is 18.2. The third-order valence-corrected chi connectivity index (χ3v) is 13.9. The molecule has 0 spiro atoms. The van der Waals surface area contributed by atoms with Gasteiger partial charge in [-0.15, -0.1) is 0 Å². The van der Waals surface area contributed by atoms with Crippen LogP contribution in [0.5, 0.6) is 0 Å². The van der Waals surface area contributed by atoms with Gasteiger partial charge in [0.15, 0.2) is 5.82 Å². The van der Waals surface area contributed by atoms with Crippen molar-refractivity contribution in [3.63, 3.8) is 0 Å². The molecule has 1 aromatic heterocycles. The molecule has 1 aliphatic rings. The first-order valence-electron chi connectivity index (χ1n) is 17.6. The highest BCUT2D eigenvalue weighted by Gasteiger charge is 2.37. The molecule has 0 saturated heterocycles. The fourth-order valence-corrected chi connectivity index (χ4v) is 10.6. The highest BCUT2D eigenvalue weighted by molar-refractivity contribution is 7.03. The molecule has 51 heavy (non-hydrogen) atoms. The molecule has 0 aliphatic carbocycles. The summed E-state index contributed by atoms with van der Waals surface area (Å²) in [4.78, 5) is 9.93. The van der Waals surface area contributed by atoms with Gasteiger partial charge in [0.25, 0.3) is 0 Å². The lowest BCUT2D eigenvalue weighted by Gasteiger charge is -2.19. The van der Waals surface area contributed by atoms with Gasteiger partial charge in [-0.25, -0.2) is 9.97 Å². The Morgan fingerprint density at radius 1 is 0.314 bits per heavy atom. The number of nitrogens with zero attached hydrogens (tertiary/aromatic N) is 2. The second kappa shape index (κ2) is 12.6. The number of rotatable bonds is 6. The van der Waals surface area contributed by atoms with Crippen molar-refractivity contribution in [3.8, 4) is 78.4 Å². The average Bonchev–Trinajstić information content (AvgIpc) is 3.44. The van der Waals surface area contributed by atoms with Crippen LogP contribution in [0.3, 0.4) is 0 Å². The summed E-state index contributed by atoms with van der Waals surface area (Å²) in [6, 6.07) is 65.2. The van der Waals surface area contributed by atoms with Crippen LogP contribution in [0.15, 0.2) is 182 Å². The van der Waals surface area contributed by atoms with Crippen LogP contribution >= 0.6 is 0 Å². The minimum absolute atomic E-state index is 0.725. The molecule has 0 atom stereocenters. The predicted molar refractivity (Wildman–Crippen MR) is 217 cm³/mol. The zero-order chi connectivity index (χ0) is 34.4. The fourth-order valence-electron chi connectivity index (χ4n) is 7.50. The summed E-state index contributed by atoms with van der Waals surface area (Å²) in [6.45, 7) is 4.95. The van der Waals surface area contributed by atoms with Gasteiger partial charge in [0, 0.05) is 16.7 Å². The first-order chi connectivity index (χ1) is 25.0. The molecule has 0 N–H and O–H groups in total. The second-order valence-electron chi connectivity index (χ2n) is 13.9. The van der Waals surface area contributed by atoms with Crippen molar-refractivity contribution in [3.05, 3.63) is 182 Å². The maximum absolute atomic E-state index is 4.99. The lowest BCUT2D eigenvalue weighted by Crippen LogP contribution is -2.49. The Kier molecular flexibility index (Phi) is 7.64. The highest BCUT2D eigenvalue weighted by atomic mass is 28.3. The van der Waals surface area contributed by atoms with E-state index in [0.29, 0.717) is 0 Å². The molecule has 7 aromatic carbocycles. The van der Waals surface area contributed by atoms with E-state index in [1.807, 2.05) is 36.4 Å². The molecule has 0 bridgehead atoms. The van der Waals surface area contributed by atoms with Gasteiger partial charge >= 0.3 is 0 Å². The number of hydrogen-bond donors (Lipinski definition) is 0. The van der Waals surface area contributed by atoms with Gasteiger partial charge in [-0.2, -0.15) is 0 Å². The Labute approximate surface area is 300 Å². The lowest BCUT2D eigenvalue weighted by molar-refractivity contribution is 1.18. The molecule has 0 radical (unpaired) electrons. The molecule has 0 unspecified atom stereocenters. The van der Waals surface area contributed by atoms with Crippen LogP contribution in [0.25, 0.3) is 78.4 Å². The van der Waals surface area contributed by atoms with Crippen molar-refractivity contribution in [2.75, 3.05) is 0 Å². The van der Waals surface area contributed by atoms with Crippen LogP contribution in [0.1, 0.15) is 0 Å². The van der Waals surface area contributed by atoms with Crippen LogP contribution in [-0.2, 0) is 0 Å². The summed E-state index contributed by atoms with van der Waals surface area (Å²) in [7, 11) is -1.70. The van der Waals surface area contributed by atoms with Crippen molar-refractivity contribution in [2.24, 2.45) is 0 Å². The molecular weight excluding hydrogens is 633 g/mol. The van der Waals surface area contributed by atoms with E-state index in [9.17, 15) is 0 Å². The first kappa shape index (κ1) is 30.9. The van der Waals surface area contributed by atoms with E-state index in [1.165, 1.54) is 44.5 Å². The van der Waals surface area contributed by atoms with Crippen molar-refractivity contribution in [2.45, 2.75) is 13.1 Å². The molecule has 0 amide bonds. The summed E-state index contributed by atoms with van der Waals surface area (Å²) in [6.07, 6.45) is 0. The van der Waals surface area contributed by atoms with Crippen molar-refractivity contribution in [1.29, 1.82) is 0 Å². The van der Waals surface area contributed by atoms with E-state index >= 15 is 0 Å². The van der Waals surface area contributed by atoms with E-state index < -0.39 is 8.07 Å². The van der Waals surface area contributed by atoms with Crippen LogP contribution in [0, 0.1) is 0 Å². The Morgan fingerprint density at radius 3 is 1.25 bits per heavy atom. The topological polar surface area (TPSA) is 25.8 Å². The summed E-state index contributed by atoms with van der Waals surface area (Å²) >= 11 is 0. The van der Waals surface area contributed by atoms with E-state index in [2.05, 4.69) is 159 Å². The van der Waals surface area contributed by atoms with E-state index in [-0.39, 0.29) is 0 Å². The molecule has 242 valence electrons. The molecule has 8 aromatic rings. The molecule has 3 heteroatoms. The van der Waals surface area contributed by atoms with Crippen molar-refractivity contribution >= 4 is 18.4 Å². The van der Waals surface area contributed by atoms with Gasteiger partial charge < -0.3 is 0 Å². The summed E-state index contributed by atoms with van der Waals surface area (Å²) in [5.41, 5.74) is 15.1. The number of hydrogen-bond acceptors (Lipinski definition) is 2. The number of fused-ring (bicyclic) bond motifs is 3. The van der Waals surface area contributed by atoms with Crippen LogP contribution in [-0.4, -0.2) is 18.0 Å². The molecule has 0 fully saturated rings. The van der Waals surface area contributed by atoms with E-state index in [0.717, 1.165) is 33.9 Å². The van der Waals surface area contributed by atoms with Crippen LogP contribution in [0.2, 0.25) is 13.1 Å². The maximum Gasteiger partial charge on any atom is 0.160 e. The Hall–Kier alpha value is -6.16. The van der Waals surface area contributed by atoms with Crippen molar-refractivity contribution in [1.82, 2.24) is 9.97 Å². The van der Waals surface area contributed by atoms with Gasteiger partial charge in [-0.1, -0.05) is 189 Å². The van der Waals surface area contributed by atoms with Gasteiger partial charge in [0.1, 0.15) is 8.07 Å². The number of aromatic nitrogens is 2. The Morgan fingerprint density at radius 2 is 0.706 bits per heavy atom. The third-order valence-electron chi connectivity index (χ3n) is 10.4. The highest BCUT2D eigenvalue weighted by Crippen LogP contribution is 2.33. The molecular formula is C48H36N2Si. The summed E-state index contributed by atoms with van der Waals surface area (Å²) in [5, 5.41) is 3.09. The zero-order valence-corrected chi connectivity index (χ0v) is 29.7. The molecule has 9 rings (SSSR count). The predicted octanol–water partition coefficient (Wildman–Crippen LogP) is 11.3. The van der Waals surface area contributed by atoms with E-state index in [4.69, 9.17) is 9.97 Å². The van der Waals surface area contributed by atoms with Gasteiger partial charge in [-0.3, -0.25) is 0 Å². The average molecular weight is 669 g/mol. The summed E-state index contributed by atoms with van der Waals surface area (Å²) in [5.74, 6) is 0.725. The largest absolute Gasteiger partial charge is 0.228 e. The molecule has 2 heterocycles. The van der Waals surface area contributed by atoms with E-state index in [1.54, 1.807) is 10.4 Å². The van der Waals surface area contributed by atoms with Gasteiger partial charge in [-0.05, 0) is 60.9 Å². The SMILES string of the molecule is C[Si]1(C)c2ccccc2-c2ccc(-c3ccc(-c4ccc(-c5ccc(-c6cc(-c7ccccc7)nc(-c7ccccc7)n6)cc5)cc4)cc3)cc21.